The molecule has 0 saturated heterocycles. The van der Waals surface area contributed by atoms with Gasteiger partial charge in [-0.25, -0.2) is 19.7 Å². The number of pyridine rings is 2. The lowest BCUT2D eigenvalue weighted by molar-refractivity contribution is -0.138. The molecule has 218 valence electrons. The van der Waals surface area contributed by atoms with Gasteiger partial charge in [0.05, 0.1) is 5.69 Å². The van der Waals surface area contributed by atoms with E-state index in [1.54, 1.807) is 6.20 Å². The van der Waals surface area contributed by atoms with Crippen molar-refractivity contribution >= 4 is 17.7 Å². The predicted molar refractivity (Wildman–Crippen MR) is 159 cm³/mol. The molecule has 1 aliphatic heterocycles. The number of nitrogens with zero attached hydrogens (tertiary/aromatic N) is 5. The van der Waals surface area contributed by atoms with E-state index in [1.165, 1.54) is 18.4 Å². The molecule has 0 amide bonds. The molecule has 10 heteroatoms. The third-order valence-corrected chi connectivity index (χ3v) is 7.79. The number of unbranched alkanes of at least 4 members (excludes halogenated alkanes) is 1. The molecular formula is C31H41N7O3. The number of rotatable bonds is 16. The van der Waals surface area contributed by atoms with Crippen LogP contribution in [-0.2, 0) is 17.6 Å². The molecule has 3 aromatic heterocycles. The van der Waals surface area contributed by atoms with Crippen LogP contribution >= 0.6 is 0 Å². The highest BCUT2D eigenvalue weighted by Gasteiger charge is 2.25. The normalized spacial score (nSPS) is 15.2. The summed E-state index contributed by atoms with van der Waals surface area (Å²) >= 11 is 0. The second kappa shape index (κ2) is 14.2. The van der Waals surface area contributed by atoms with Gasteiger partial charge in [-0.3, -0.25) is 9.88 Å². The van der Waals surface area contributed by atoms with E-state index in [1.807, 2.05) is 31.5 Å². The van der Waals surface area contributed by atoms with Gasteiger partial charge in [-0.05, 0) is 100 Å². The summed E-state index contributed by atoms with van der Waals surface area (Å²) in [5.41, 5.74) is 4.40. The Morgan fingerprint density at radius 2 is 2.00 bits per heavy atom. The topological polar surface area (TPSA) is 125 Å². The van der Waals surface area contributed by atoms with Crippen LogP contribution in [0.5, 0.6) is 5.75 Å². The maximum atomic E-state index is 12.1. The van der Waals surface area contributed by atoms with Crippen LogP contribution in [0, 0.1) is 6.92 Å². The molecule has 1 saturated carbocycles. The van der Waals surface area contributed by atoms with Crippen molar-refractivity contribution in [1.29, 1.82) is 0 Å². The molecule has 4 heterocycles. The van der Waals surface area contributed by atoms with Crippen LogP contribution in [0.2, 0.25) is 0 Å². The van der Waals surface area contributed by atoms with Gasteiger partial charge in [-0.15, -0.1) is 0 Å². The largest absolute Gasteiger partial charge is 0.490 e. The molecule has 1 fully saturated rings. The third kappa shape index (κ3) is 8.60. The standard InChI is InChI=1S/C31H41N7O3/c1-22-28(8-5-14-32-22)41-19-18-38(16-3-2-7-26-12-11-24-6-4-15-33-29(24)36-26)17-13-27(30(39)40)37-31-34-20-25(21-35-31)23-9-10-23/h5,8,11-12,14,20-21,23,27H,2-4,6-7,9-10,13,15-19H2,1H3,(H,33,36)(H,39,40)(H,34,35,37)/t27-/m0/s1. The molecule has 0 spiro atoms. The first kappa shape index (κ1) is 28.7. The third-order valence-electron chi connectivity index (χ3n) is 7.79. The number of carbonyl (C=O) groups is 1. The van der Waals surface area contributed by atoms with E-state index in [9.17, 15) is 9.90 Å². The molecular weight excluding hydrogens is 518 g/mol. The lowest BCUT2D eigenvalue weighted by Gasteiger charge is -2.24. The number of hydrogen-bond donors (Lipinski definition) is 3. The van der Waals surface area contributed by atoms with E-state index in [0.29, 0.717) is 38.0 Å². The average molecular weight is 560 g/mol. The van der Waals surface area contributed by atoms with Crippen molar-refractivity contribution in [2.24, 2.45) is 0 Å². The van der Waals surface area contributed by atoms with E-state index in [4.69, 9.17) is 9.72 Å². The Morgan fingerprint density at radius 3 is 2.78 bits per heavy atom. The van der Waals surface area contributed by atoms with Crippen molar-refractivity contribution in [3.63, 3.8) is 0 Å². The quantitative estimate of drug-likeness (QED) is 0.216. The van der Waals surface area contributed by atoms with Crippen LogP contribution in [0.15, 0.2) is 42.9 Å². The van der Waals surface area contributed by atoms with Gasteiger partial charge in [-0.1, -0.05) is 6.07 Å². The summed E-state index contributed by atoms with van der Waals surface area (Å²) in [6.07, 6.45) is 13.3. The Bertz CT molecular complexity index is 1280. The van der Waals surface area contributed by atoms with Crippen molar-refractivity contribution in [2.45, 2.75) is 70.3 Å². The molecule has 5 rings (SSSR count). The lowest BCUT2D eigenvalue weighted by Crippen LogP contribution is -2.37. The number of carboxylic acids is 1. The van der Waals surface area contributed by atoms with Crippen LogP contribution in [0.3, 0.4) is 0 Å². The highest BCUT2D eigenvalue weighted by molar-refractivity contribution is 5.76. The highest BCUT2D eigenvalue weighted by atomic mass is 16.5. The van der Waals surface area contributed by atoms with Gasteiger partial charge in [0.2, 0.25) is 5.95 Å². The maximum Gasteiger partial charge on any atom is 0.326 e. The van der Waals surface area contributed by atoms with Crippen molar-refractivity contribution in [2.75, 3.05) is 43.4 Å². The zero-order valence-electron chi connectivity index (χ0n) is 23.9. The number of fused-ring (bicyclic) bond motifs is 1. The molecule has 0 radical (unpaired) electrons. The fourth-order valence-corrected chi connectivity index (χ4v) is 5.16. The smallest absolute Gasteiger partial charge is 0.326 e. The number of aliphatic carboxylic acids is 1. The van der Waals surface area contributed by atoms with E-state index < -0.39 is 12.0 Å². The van der Waals surface area contributed by atoms with Crippen molar-refractivity contribution in [3.8, 4) is 5.75 Å². The van der Waals surface area contributed by atoms with Crippen LogP contribution in [0.1, 0.15) is 67.0 Å². The molecule has 41 heavy (non-hydrogen) atoms. The highest BCUT2D eigenvalue weighted by Crippen LogP contribution is 2.39. The van der Waals surface area contributed by atoms with Gasteiger partial charge in [0.1, 0.15) is 24.2 Å². The summed E-state index contributed by atoms with van der Waals surface area (Å²) in [5.74, 6) is 1.82. The minimum atomic E-state index is -0.908. The SMILES string of the molecule is Cc1ncccc1OCCN(CCCCc1ccc2c(n1)NCCC2)CC[C@H](Nc1ncc(C2CC2)cn1)C(=O)O. The summed E-state index contributed by atoms with van der Waals surface area (Å²) < 4.78 is 6.01. The van der Waals surface area contributed by atoms with Gasteiger partial charge < -0.3 is 20.5 Å². The second-order valence-electron chi connectivity index (χ2n) is 11.0. The number of anilines is 2. The van der Waals surface area contributed by atoms with E-state index in [-0.39, 0.29) is 0 Å². The number of ether oxygens (including phenoxy) is 1. The Kier molecular flexibility index (Phi) is 9.96. The monoisotopic (exact) mass is 559 g/mol. The number of aryl methyl sites for hydroxylation is 3. The summed E-state index contributed by atoms with van der Waals surface area (Å²) in [6.45, 7) is 5.57. The maximum absolute atomic E-state index is 12.1. The van der Waals surface area contributed by atoms with Gasteiger partial charge in [0.15, 0.2) is 0 Å². The number of carboxylic acid groups (broad SMARTS) is 1. The number of nitrogens with one attached hydrogen (secondary N) is 2. The van der Waals surface area contributed by atoms with Crippen LogP contribution < -0.4 is 15.4 Å². The van der Waals surface area contributed by atoms with Gasteiger partial charge in [-0.2, -0.15) is 0 Å². The zero-order valence-corrected chi connectivity index (χ0v) is 23.9. The molecule has 2 aliphatic rings. The van der Waals surface area contributed by atoms with E-state index in [0.717, 1.165) is 73.7 Å². The van der Waals surface area contributed by atoms with Gasteiger partial charge >= 0.3 is 5.97 Å². The fraction of sp³-hybridized carbons (Fsp3) is 0.516. The lowest BCUT2D eigenvalue weighted by atomic mass is 10.1. The molecule has 3 N–H and O–H groups in total. The Balaban J connectivity index is 1.14. The Labute approximate surface area is 242 Å². The molecule has 1 atom stereocenters. The fourth-order valence-electron chi connectivity index (χ4n) is 5.16. The second-order valence-corrected chi connectivity index (χ2v) is 11.0. The summed E-state index contributed by atoms with van der Waals surface area (Å²) in [7, 11) is 0. The average Bonchev–Trinajstić information content (AvgIpc) is 3.84. The molecule has 10 nitrogen and oxygen atoms in total. The van der Waals surface area contributed by atoms with Crippen LogP contribution in [-0.4, -0.2) is 74.7 Å². The number of hydrogen-bond acceptors (Lipinski definition) is 9. The van der Waals surface area contributed by atoms with Crippen LogP contribution in [0.25, 0.3) is 0 Å². The minimum absolute atomic E-state index is 0.357. The minimum Gasteiger partial charge on any atom is -0.490 e. The van der Waals surface area contributed by atoms with Crippen LogP contribution in [0.4, 0.5) is 11.8 Å². The molecule has 0 unspecified atom stereocenters. The molecule has 0 bridgehead atoms. The first-order valence-electron chi connectivity index (χ1n) is 14.9. The van der Waals surface area contributed by atoms with Crippen molar-refractivity contribution < 1.29 is 14.6 Å². The summed E-state index contributed by atoms with van der Waals surface area (Å²) in [4.78, 5) is 32.2. The Morgan fingerprint density at radius 1 is 1.15 bits per heavy atom. The molecule has 0 aromatic carbocycles. The van der Waals surface area contributed by atoms with E-state index in [2.05, 4.69) is 42.6 Å². The van der Waals surface area contributed by atoms with Gasteiger partial charge in [0, 0.05) is 43.9 Å². The molecule has 3 aromatic rings. The molecule has 1 aliphatic carbocycles. The summed E-state index contributed by atoms with van der Waals surface area (Å²) in [5, 5.41) is 16.3. The first-order valence-corrected chi connectivity index (χ1v) is 14.9. The van der Waals surface area contributed by atoms with E-state index >= 15 is 0 Å². The van der Waals surface area contributed by atoms with Crippen molar-refractivity contribution in [1.82, 2.24) is 24.8 Å². The number of aromatic nitrogens is 4. The van der Waals surface area contributed by atoms with Crippen molar-refractivity contribution in [3.05, 3.63) is 65.4 Å². The predicted octanol–water partition coefficient (Wildman–Crippen LogP) is 4.47. The van der Waals surface area contributed by atoms with Gasteiger partial charge in [0.25, 0.3) is 0 Å². The Hall–Kier alpha value is -3.79. The zero-order chi connectivity index (χ0) is 28.4. The summed E-state index contributed by atoms with van der Waals surface area (Å²) in [6, 6.07) is 7.36. The first-order chi connectivity index (χ1) is 20.0.